The number of carbonyl (C=O) groups is 1. The number of H-pyrrole nitrogens is 1. The number of morpholine rings is 1. The molecule has 3 aliphatic rings. The molecule has 0 radical (unpaired) electrons. The van der Waals surface area contributed by atoms with Crippen molar-refractivity contribution < 1.29 is 19.0 Å². The van der Waals surface area contributed by atoms with Gasteiger partial charge in [-0.1, -0.05) is 12.1 Å². The predicted molar refractivity (Wildman–Crippen MR) is 130 cm³/mol. The number of nitrogens with zero attached hydrogens (tertiary/aromatic N) is 2. The van der Waals surface area contributed by atoms with E-state index in [1.54, 1.807) is 6.07 Å². The lowest BCUT2D eigenvalue weighted by atomic mass is 9.88. The topological polar surface area (TPSA) is 104 Å². The number of halogens is 1. The number of pyridine rings is 1. The van der Waals surface area contributed by atoms with E-state index >= 15 is 4.39 Å². The summed E-state index contributed by atoms with van der Waals surface area (Å²) in [5, 5.41) is 9.98. The smallest absolute Gasteiger partial charge is 0.337 e. The van der Waals surface area contributed by atoms with Crippen LogP contribution >= 0.6 is 0 Å². The fourth-order valence-corrected chi connectivity index (χ4v) is 5.39. The van der Waals surface area contributed by atoms with Gasteiger partial charge in [-0.25, -0.2) is 9.18 Å². The number of carboxylic acid groups (broad SMARTS) is 1. The Hall–Kier alpha value is -3.07. The summed E-state index contributed by atoms with van der Waals surface area (Å²) in [6.07, 6.45) is 5.22. The van der Waals surface area contributed by atoms with E-state index in [1.807, 2.05) is 24.4 Å². The summed E-state index contributed by atoms with van der Waals surface area (Å²) in [7, 11) is 0. The molecule has 8 heteroatoms. The van der Waals surface area contributed by atoms with Crippen LogP contribution in [0.3, 0.4) is 0 Å². The number of aryl methyl sites for hydroxylation is 1. The highest BCUT2D eigenvalue weighted by atomic mass is 19.1. The molecule has 1 aliphatic heterocycles. The van der Waals surface area contributed by atoms with Gasteiger partial charge in [0.05, 0.1) is 30.2 Å². The standard InChI is InChI=1S/C27H29FN4O3/c28-21-11-16(3-4-18(21)14-32-7-9-35-10-8-32)22-12-20-17(13-30-22)5-6-19-23(27(33)34)26(31-25(19)20)24(29)15-1-2-15/h3-4,11-13,15,24,31H,1-2,5-10,14,29H2,(H,33,34). The van der Waals surface area contributed by atoms with Gasteiger partial charge in [0.2, 0.25) is 0 Å². The predicted octanol–water partition coefficient (Wildman–Crippen LogP) is 3.92. The fraction of sp³-hybridized carbons (Fsp3) is 0.407. The minimum atomic E-state index is -0.941. The average molecular weight is 477 g/mol. The van der Waals surface area contributed by atoms with Gasteiger partial charge in [-0.2, -0.15) is 0 Å². The van der Waals surface area contributed by atoms with E-state index in [2.05, 4.69) is 14.9 Å². The number of aromatic carboxylic acids is 1. The molecular weight excluding hydrogens is 447 g/mol. The molecule has 1 saturated carbocycles. The number of fused-ring (bicyclic) bond motifs is 3. The molecule has 3 heterocycles. The molecule has 1 atom stereocenters. The Bertz CT molecular complexity index is 1290. The lowest BCUT2D eigenvalue weighted by Crippen LogP contribution is -2.35. The monoisotopic (exact) mass is 476 g/mol. The second kappa shape index (κ2) is 8.86. The third-order valence-corrected chi connectivity index (χ3v) is 7.56. The van der Waals surface area contributed by atoms with Crippen molar-refractivity contribution in [1.82, 2.24) is 14.9 Å². The second-order valence-corrected chi connectivity index (χ2v) is 9.86. The molecule has 0 spiro atoms. The summed E-state index contributed by atoms with van der Waals surface area (Å²) in [5.41, 5.74) is 13.0. The summed E-state index contributed by atoms with van der Waals surface area (Å²) < 4.78 is 20.4. The third kappa shape index (κ3) is 4.16. The van der Waals surface area contributed by atoms with Crippen molar-refractivity contribution in [1.29, 1.82) is 0 Å². The minimum Gasteiger partial charge on any atom is -0.478 e. The Morgan fingerprint density at radius 2 is 2.06 bits per heavy atom. The van der Waals surface area contributed by atoms with Gasteiger partial charge in [-0.15, -0.1) is 0 Å². The molecule has 7 nitrogen and oxygen atoms in total. The number of aromatic amines is 1. The van der Waals surface area contributed by atoms with E-state index in [9.17, 15) is 9.90 Å². The fourth-order valence-electron chi connectivity index (χ4n) is 5.39. The Labute approximate surface area is 203 Å². The van der Waals surface area contributed by atoms with Crippen molar-refractivity contribution in [2.75, 3.05) is 26.3 Å². The largest absolute Gasteiger partial charge is 0.478 e. The van der Waals surface area contributed by atoms with Crippen LogP contribution in [0.1, 0.15) is 51.6 Å². The summed E-state index contributed by atoms with van der Waals surface area (Å²) in [5.74, 6) is -0.858. The van der Waals surface area contributed by atoms with Crippen LogP contribution in [0.4, 0.5) is 4.39 Å². The minimum absolute atomic E-state index is 0.250. The van der Waals surface area contributed by atoms with Crippen molar-refractivity contribution in [2.24, 2.45) is 11.7 Å². The zero-order valence-electron chi connectivity index (χ0n) is 19.5. The van der Waals surface area contributed by atoms with Gasteiger partial charge in [0.15, 0.2) is 0 Å². The van der Waals surface area contributed by atoms with E-state index in [1.165, 1.54) is 0 Å². The van der Waals surface area contributed by atoms with Crippen LogP contribution in [-0.2, 0) is 24.1 Å². The zero-order valence-corrected chi connectivity index (χ0v) is 19.5. The number of ether oxygens (including phenoxy) is 1. The summed E-state index contributed by atoms with van der Waals surface area (Å²) in [6.45, 7) is 3.52. The van der Waals surface area contributed by atoms with Crippen molar-refractivity contribution in [3.05, 3.63) is 64.2 Å². The molecule has 6 rings (SSSR count). The van der Waals surface area contributed by atoms with Crippen molar-refractivity contribution in [3.63, 3.8) is 0 Å². The molecule has 1 saturated heterocycles. The molecule has 2 fully saturated rings. The quantitative estimate of drug-likeness (QED) is 0.498. The molecule has 1 aromatic carbocycles. The van der Waals surface area contributed by atoms with Gasteiger partial charge in [0.1, 0.15) is 5.82 Å². The van der Waals surface area contributed by atoms with Gasteiger partial charge in [0, 0.05) is 54.3 Å². The molecular formula is C27H29FN4O3. The number of hydrogen-bond donors (Lipinski definition) is 3. The highest BCUT2D eigenvalue weighted by molar-refractivity contribution is 5.95. The maximum Gasteiger partial charge on any atom is 0.337 e. The highest BCUT2D eigenvalue weighted by Crippen LogP contribution is 2.44. The number of hydrogen-bond acceptors (Lipinski definition) is 5. The van der Waals surface area contributed by atoms with E-state index in [-0.39, 0.29) is 11.9 Å². The number of carboxylic acids is 1. The molecule has 0 bridgehead atoms. The van der Waals surface area contributed by atoms with Crippen LogP contribution in [-0.4, -0.2) is 52.2 Å². The molecule has 2 aliphatic carbocycles. The van der Waals surface area contributed by atoms with E-state index in [0.717, 1.165) is 48.3 Å². The van der Waals surface area contributed by atoms with Gasteiger partial charge < -0.3 is 20.6 Å². The van der Waals surface area contributed by atoms with E-state index < -0.39 is 5.97 Å². The maximum atomic E-state index is 15.0. The molecule has 2 aromatic heterocycles. The van der Waals surface area contributed by atoms with Gasteiger partial charge >= 0.3 is 5.97 Å². The molecule has 182 valence electrons. The molecule has 0 amide bonds. The molecule has 35 heavy (non-hydrogen) atoms. The number of nitrogens with two attached hydrogens (primary N) is 1. The lowest BCUT2D eigenvalue weighted by Gasteiger charge is -2.26. The Kier molecular flexibility index (Phi) is 5.67. The average Bonchev–Trinajstić information content (AvgIpc) is 3.64. The first-order valence-electron chi connectivity index (χ1n) is 12.3. The summed E-state index contributed by atoms with van der Waals surface area (Å²) in [4.78, 5) is 22.4. The number of benzene rings is 1. The van der Waals surface area contributed by atoms with E-state index in [4.69, 9.17) is 10.5 Å². The van der Waals surface area contributed by atoms with Crippen molar-refractivity contribution in [3.8, 4) is 22.5 Å². The Morgan fingerprint density at radius 3 is 2.77 bits per heavy atom. The van der Waals surface area contributed by atoms with Crippen LogP contribution in [0.2, 0.25) is 0 Å². The van der Waals surface area contributed by atoms with Gasteiger partial charge in [-0.3, -0.25) is 9.88 Å². The van der Waals surface area contributed by atoms with Crippen LogP contribution in [0.15, 0.2) is 30.5 Å². The molecule has 3 aromatic rings. The molecule has 1 unspecified atom stereocenters. The first-order valence-corrected chi connectivity index (χ1v) is 12.3. The SMILES string of the molecule is NC(c1[nH]c2c(c1C(=O)O)CCc1cnc(-c3ccc(CN4CCOCC4)c(F)c3)cc1-2)C1CC1. The van der Waals surface area contributed by atoms with Gasteiger partial charge in [-0.05, 0) is 54.9 Å². The number of rotatable bonds is 6. The van der Waals surface area contributed by atoms with Crippen molar-refractivity contribution >= 4 is 5.97 Å². The van der Waals surface area contributed by atoms with Crippen LogP contribution < -0.4 is 5.73 Å². The third-order valence-electron chi connectivity index (χ3n) is 7.56. The molecule has 4 N–H and O–H groups in total. The first kappa shape index (κ1) is 22.4. The first-order chi connectivity index (χ1) is 17.0. The normalized spacial score (nSPS) is 18.7. The lowest BCUT2D eigenvalue weighted by molar-refractivity contribution is 0.0337. The number of aromatic nitrogens is 2. The van der Waals surface area contributed by atoms with Crippen LogP contribution in [0.5, 0.6) is 0 Å². The highest BCUT2D eigenvalue weighted by Gasteiger charge is 2.36. The Balaban J connectivity index is 1.34. The van der Waals surface area contributed by atoms with Crippen molar-refractivity contribution in [2.45, 2.75) is 38.3 Å². The van der Waals surface area contributed by atoms with E-state index in [0.29, 0.717) is 66.6 Å². The van der Waals surface area contributed by atoms with Crippen LogP contribution in [0.25, 0.3) is 22.5 Å². The number of nitrogens with one attached hydrogen (secondary N) is 1. The Morgan fingerprint density at radius 1 is 1.26 bits per heavy atom. The van der Waals surface area contributed by atoms with Gasteiger partial charge in [0.25, 0.3) is 0 Å². The summed E-state index contributed by atoms with van der Waals surface area (Å²) >= 11 is 0. The van der Waals surface area contributed by atoms with Crippen LogP contribution in [0, 0.1) is 11.7 Å². The zero-order chi connectivity index (χ0) is 24.1. The second-order valence-electron chi connectivity index (χ2n) is 9.86. The summed E-state index contributed by atoms with van der Waals surface area (Å²) in [6, 6.07) is 6.92. The maximum absolute atomic E-state index is 15.0.